The van der Waals surface area contributed by atoms with Crippen molar-refractivity contribution in [2.24, 2.45) is 5.92 Å². The van der Waals surface area contributed by atoms with Gasteiger partial charge in [-0.2, -0.15) is 0 Å². The van der Waals surface area contributed by atoms with Crippen LogP contribution >= 0.6 is 0 Å². The SMILES string of the molecule is CC(C)(C)OC(=O)N1CCCC(C[N+](=O)[O-])C1. The predicted molar refractivity (Wildman–Crippen MR) is 62.4 cm³/mol. The number of hydrogen-bond acceptors (Lipinski definition) is 4. The number of ether oxygens (including phenoxy) is 1. The Morgan fingerprint density at radius 2 is 2.18 bits per heavy atom. The molecule has 1 fully saturated rings. The number of carbonyl (C=O) groups excluding carboxylic acids is 1. The number of hydrogen-bond donors (Lipinski definition) is 0. The van der Waals surface area contributed by atoms with Gasteiger partial charge in [0.2, 0.25) is 6.54 Å². The van der Waals surface area contributed by atoms with E-state index in [-0.39, 0.29) is 23.5 Å². The zero-order chi connectivity index (χ0) is 13.1. The van der Waals surface area contributed by atoms with E-state index in [1.54, 1.807) is 4.90 Å². The topological polar surface area (TPSA) is 72.7 Å². The van der Waals surface area contributed by atoms with Crippen molar-refractivity contribution in [3.05, 3.63) is 10.1 Å². The molecule has 0 aromatic heterocycles. The van der Waals surface area contributed by atoms with Gasteiger partial charge in [0.15, 0.2) is 0 Å². The minimum atomic E-state index is -0.521. The Hall–Kier alpha value is -1.33. The van der Waals surface area contributed by atoms with Gasteiger partial charge >= 0.3 is 6.09 Å². The number of carbonyl (C=O) groups is 1. The summed E-state index contributed by atoms with van der Waals surface area (Å²) in [7, 11) is 0. The van der Waals surface area contributed by atoms with E-state index in [9.17, 15) is 14.9 Å². The van der Waals surface area contributed by atoms with E-state index in [0.717, 1.165) is 12.8 Å². The summed E-state index contributed by atoms with van der Waals surface area (Å²) in [5, 5.41) is 10.4. The van der Waals surface area contributed by atoms with E-state index in [4.69, 9.17) is 4.74 Å². The van der Waals surface area contributed by atoms with E-state index < -0.39 is 5.60 Å². The fourth-order valence-corrected chi connectivity index (χ4v) is 1.92. The lowest BCUT2D eigenvalue weighted by atomic mass is 9.99. The first kappa shape index (κ1) is 13.7. The second-order valence-corrected chi connectivity index (χ2v) is 5.45. The average Bonchev–Trinajstić information content (AvgIpc) is 2.14. The lowest BCUT2D eigenvalue weighted by Crippen LogP contribution is -2.44. The summed E-state index contributed by atoms with van der Waals surface area (Å²) in [5.74, 6) is -0.0498. The highest BCUT2D eigenvalue weighted by atomic mass is 16.6. The molecule has 1 saturated heterocycles. The molecule has 0 N–H and O–H groups in total. The first-order valence-electron chi connectivity index (χ1n) is 5.87. The van der Waals surface area contributed by atoms with Crippen molar-refractivity contribution < 1.29 is 14.5 Å². The van der Waals surface area contributed by atoms with Crippen LogP contribution in [0.5, 0.6) is 0 Å². The second kappa shape index (κ2) is 5.33. The molecule has 6 nitrogen and oxygen atoms in total. The first-order valence-corrected chi connectivity index (χ1v) is 5.87. The second-order valence-electron chi connectivity index (χ2n) is 5.45. The Bertz CT molecular complexity index is 298. The molecule has 1 unspecified atom stereocenters. The molecule has 0 aliphatic carbocycles. The fraction of sp³-hybridized carbons (Fsp3) is 0.909. The summed E-state index contributed by atoms with van der Waals surface area (Å²) >= 11 is 0. The third-order valence-electron chi connectivity index (χ3n) is 2.58. The van der Waals surface area contributed by atoms with Gasteiger partial charge in [0.1, 0.15) is 5.60 Å². The molecule has 1 amide bonds. The van der Waals surface area contributed by atoms with Crippen molar-refractivity contribution in [3.8, 4) is 0 Å². The van der Waals surface area contributed by atoms with Gasteiger partial charge in [-0.3, -0.25) is 10.1 Å². The third kappa shape index (κ3) is 5.01. The zero-order valence-corrected chi connectivity index (χ0v) is 10.6. The van der Waals surface area contributed by atoms with Crippen LogP contribution < -0.4 is 0 Å². The normalized spacial score (nSPS) is 21.1. The molecule has 1 rings (SSSR count). The Labute approximate surface area is 101 Å². The van der Waals surface area contributed by atoms with E-state index in [1.165, 1.54) is 0 Å². The van der Waals surface area contributed by atoms with Crippen molar-refractivity contribution in [1.82, 2.24) is 4.90 Å². The van der Waals surface area contributed by atoms with E-state index in [2.05, 4.69) is 0 Å². The number of nitrogens with zero attached hydrogens (tertiary/aromatic N) is 2. The summed E-state index contributed by atoms with van der Waals surface area (Å²) in [5.41, 5.74) is -0.521. The largest absolute Gasteiger partial charge is 0.444 e. The van der Waals surface area contributed by atoms with Gasteiger partial charge in [-0.05, 0) is 33.6 Å². The van der Waals surface area contributed by atoms with Crippen molar-refractivity contribution in [2.75, 3.05) is 19.6 Å². The molecule has 17 heavy (non-hydrogen) atoms. The van der Waals surface area contributed by atoms with Crippen molar-refractivity contribution in [2.45, 2.75) is 39.2 Å². The highest BCUT2D eigenvalue weighted by molar-refractivity contribution is 5.68. The van der Waals surface area contributed by atoms with Crippen molar-refractivity contribution in [1.29, 1.82) is 0 Å². The quantitative estimate of drug-likeness (QED) is 0.549. The highest BCUT2D eigenvalue weighted by Gasteiger charge is 2.29. The maximum absolute atomic E-state index is 11.8. The van der Waals surface area contributed by atoms with Gasteiger partial charge in [0.25, 0.3) is 0 Å². The zero-order valence-electron chi connectivity index (χ0n) is 10.6. The van der Waals surface area contributed by atoms with Gasteiger partial charge in [0, 0.05) is 23.9 Å². The Kier molecular flexibility index (Phi) is 4.31. The predicted octanol–water partition coefficient (Wildman–Crippen LogP) is 1.91. The molecule has 1 aliphatic heterocycles. The fourth-order valence-electron chi connectivity index (χ4n) is 1.92. The highest BCUT2D eigenvalue weighted by Crippen LogP contribution is 2.19. The van der Waals surface area contributed by atoms with Gasteiger partial charge in [0.05, 0.1) is 0 Å². The molecule has 0 bridgehead atoms. The summed E-state index contributed by atoms with van der Waals surface area (Å²) < 4.78 is 5.25. The Balaban J connectivity index is 2.49. The molecular formula is C11H20N2O4. The minimum absolute atomic E-state index is 0.0498. The van der Waals surface area contributed by atoms with Crippen LogP contribution in [0.4, 0.5) is 4.79 Å². The van der Waals surface area contributed by atoms with E-state index in [1.807, 2.05) is 20.8 Å². The van der Waals surface area contributed by atoms with Gasteiger partial charge in [-0.25, -0.2) is 4.79 Å². The maximum atomic E-state index is 11.8. The van der Waals surface area contributed by atoms with Gasteiger partial charge in [-0.1, -0.05) is 0 Å². The number of rotatable bonds is 2. The molecule has 0 saturated carbocycles. The van der Waals surface area contributed by atoms with Crippen LogP contribution in [-0.4, -0.2) is 41.2 Å². The summed E-state index contributed by atoms with van der Waals surface area (Å²) in [6.45, 7) is 6.41. The van der Waals surface area contributed by atoms with Crippen LogP contribution in [0.2, 0.25) is 0 Å². The van der Waals surface area contributed by atoms with Crippen LogP contribution in [0.3, 0.4) is 0 Å². The number of piperidine rings is 1. The molecule has 1 atom stereocenters. The maximum Gasteiger partial charge on any atom is 0.410 e. The van der Waals surface area contributed by atoms with E-state index >= 15 is 0 Å². The lowest BCUT2D eigenvalue weighted by Gasteiger charge is -2.32. The molecule has 0 radical (unpaired) electrons. The summed E-state index contributed by atoms with van der Waals surface area (Å²) in [6, 6.07) is 0. The molecule has 0 aromatic rings. The summed E-state index contributed by atoms with van der Waals surface area (Å²) in [6.07, 6.45) is 1.24. The molecule has 0 aromatic carbocycles. The van der Waals surface area contributed by atoms with Crippen LogP contribution in [0.15, 0.2) is 0 Å². The number of nitro groups is 1. The minimum Gasteiger partial charge on any atom is -0.444 e. The number of likely N-dealkylation sites (tertiary alicyclic amines) is 1. The molecule has 1 aliphatic rings. The van der Waals surface area contributed by atoms with Crippen molar-refractivity contribution in [3.63, 3.8) is 0 Å². The average molecular weight is 244 g/mol. The smallest absolute Gasteiger partial charge is 0.410 e. The van der Waals surface area contributed by atoms with Gasteiger partial charge < -0.3 is 9.64 Å². The Morgan fingerprint density at radius 3 is 2.71 bits per heavy atom. The molecular weight excluding hydrogens is 224 g/mol. The van der Waals surface area contributed by atoms with Crippen LogP contribution in [0, 0.1) is 16.0 Å². The molecule has 6 heteroatoms. The molecule has 1 heterocycles. The molecule has 98 valence electrons. The summed E-state index contributed by atoms with van der Waals surface area (Å²) in [4.78, 5) is 23.5. The molecule has 0 spiro atoms. The van der Waals surface area contributed by atoms with E-state index in [0.29, 0.717) is 13.1 Å². The van der Waals surface area contributed by atoms with Crippen molar-refractivity contribution >= 4 is 6.09 Å². The Morgan fingerprint density at radius 1 is 1.53 bits per heavy atom. The monoisotopic (exact) mass is 244 g/mol. The van der Waals surface area contributed by atoms with Crippen LogP contribution in [0.25, 0.3) is 0 Å². The van der Waals surface area contributed by atoms with Gasteiger partial charge in [-0.15, -0.1) is 0 Å². The lowest BCUT2D eigenvalue weighted by molar-refractivity contribution is -0.488. The third-order valence-corrected chi connectivity index (χ3v) is 2.58. The van der Waals surface area contributed by atoms with Crippen LogP contribution in [-0.2, 0) is 4.74 Å². The van der Waals surface area contributed by atoms with Crippen LogP contribution in [0.1, 0.15) is 33.6 Å². The first-order chi connectivity index (χ1) is 7.78. The standard InChI is InChI=1S/C11H20N2O4/c1-11(2,3)17-10(14)12-6-4-5-9(7-12)8-13(15)16/h9H,4-8H2,1-3H3. The number of amides is 1.